The Labute approximate surface area is 374 Å². The Morgan fingerprint density at radius 1 is 0.359 bits per heavy atom. The monoisotopic (exact) mass is 817 g/mol. The number of anilines is 3. The molecule has 0 bridgehead atoms. The summed E-state index contributed by atoms with van der Waals surface area (Å²) in [6.07, 6.45) is 0. The summed E-state index contributed by atoms with van der Waals surface area (Å²) in [7, 11) is 0. The average molecular weight is 818 g/mol. The Kier molecular flexibility index (Phi) is 7.90. The number of rotatable bonds is 5. The van der Waals surface area contributed by atoms with Crippen molar-refractivity contribution in [3.05, 3.63) is 258 Å². The molecule has 2 nitrogen and oxygen atoms in total. The predicted octanol–water partition coefficient (Wildman–Crippen LogP) is 16.4. The van der Waals surface area contributed by atoms with E-state index in [-0.39, 0.29) is 5.41 Å². The van der Waals surface area contributed by atoms with Crippen LogP contribution in [0.15, 0.2) is 224 Å². The minimum Gasteiger partial charge on any atom is -0.456 e. The fourth-order valence-electron chi connectivity index (χ4n) is 11.4. The molecule has 1 heterocycles. The van der Waals surface area contributed by atoms with Crippen LogP contribution in [0.1, 0.15) is 47.2 Å². The number of ether oxygens (including phenoxy) is 1. The molecule has 0 N–H and O–H groups in total. The van der Waals surface area contributed by atoms with Crippen LogP contribution in [-0.4, -0.2) is 0 Å². The average Bonchev–Trinajstić information content (AvgIpc) is 3.77. The van der Waals surface area contributed by atoms with Gasteiger partial charge in [0.1, 0.15) is 11.5 Å². The van der Waals surface area contributed by atoms with Gasteiger partial charge in [0.25, 0.3) is 0 Å². The van der Waals surface area contributed by atoms with Crippen molar-refractivity contribution >= 4 is 27.8 Å². The first-order chi connectivity index (χ1) is 31.5. The largest absolute Gasteiger partial charge is 0.456 e. The highest BCUT2D eigenvalue weighted by molar-refractivity contribution is 5.97. The lowest BCUT2D eigenvalue weighted by molar-refractivity contribution is 0.442. The van der Waals surface area contributed by atoms with E-state index < -0.39 is 5.41 Å². The molecule has 302 valence electrons. The summed E-state index contributed by atoms with van der Waals surface area (Å²) in [5, 5.41) is 2.30. The molecule has 1 atom stereocenters. The summed E-state index contributed by atoms with van der Waals surface area (Å²) in [5.74, 6) is 1.84. The second-order valence-corrected chi connectivity index (χ2v) is 18.0. The van der Waals surface area contributed by atoms with E-state index in [1.807, 2.05) is 0 Å². The summed E-state index contributed by atoms with van der Waals surface area (Å²) >= 11 is 0. The van der Waals surface area contributed by atoms with Crippen molar-refractivity contribution < 1.29 is 4.74 Å². The maximum absolute atomic E-state index is 6.92. The number of hydrogen-bond acceptors (Lipinski definition) is 2. The first-order valence-electron chi connectivity index (χ1n) is 22.3. The molecule has 0 fully saturated rings. The summed E-state index contributed by atoms with van der Waals surface area (Å²) in [6.45, 7) is 4.72. The summed E-state index contributed by atoms with van der Waals surface area (Å²) < 4.78 is 6.92. The van der Waals surface area contributed by atoms with Crippen molar-refractivity contribution in [1.82, 2.24) is 0 Å². The Morgan fingerprint density at radius 2 is 0.953 bits per heavy atom. The van der Waals surface area contributed by atoms with Crippen LogP contribution < -0.4 is 9.64 Å². The standard InChI is InChI=1S/C62H43NO/c1-61(2)52-23-11-8-21-48(52)50-36-34-45(39-56(50)61)63(58-26-14-10-19-46(58)41-16-4-3-5-17-41)44-32-28-40(29-33-44)43-30-35-51-49-22-9-12-24-53(49)62(57(51)38-43)54-25-13-15-27-59(54)64-60-47-20-7-6-18-42(47)31-37-55(60)62/h3-39H,1-2H3. The Morgan fingerprint density at radius 3 is 1.78 bits per heavy atom. The molecule has 0 radical (unpaired) electrons. The van der Waals surface area contributed by atoms with Gasteiger partial charge >= 0.3 is 0 Å². The highest BCUT2D eigenvalue weighted by Gasteiger charge is 2.51. The molecule has 0 aromatic heterocycles. The van der Waals surface area contributed by atoms with Crippen molar-refractivity contribution in [2.75, 3.05) is 4.90 Å². The molecule has 2 aliphatic carbocycles. The molecule has 64 heavy (non-hydrogen) atoms. The number of nitrogens with zero attached hydrogens (tertiary/aromatic N) is 1. The number of fused-ring (bicyclic) bond motifs is 14. The Hall–Kier alpha value is -7.94. The zero-order valence-electron chi connectivity index (χ0n) is 35.7. The molecule has 1 aliphatic heterocycles. The zero-order chi connectivity index (χ0) is 42.6. The summed E-state index contributed by atoms with van der Waals surface area (Å²) in [6, 6.07) is 82.6. The van der Waals surface area contributed by atoms with Crippen molar-refractivity contribution in [2.45, 2.75) is 24.7 Å². The first kappa shape index (κ1) is 36.7. The molecule has 3 aliphatic rings. The molecule has 10 aromatic carbocycles. The highest BCUT2D eigenvalue weighted by atomic mass is 16.5. The zero-order valence-corrected chi connectivity index (χ0v) is 35.7. The fraction of sp³-hybridized carbons (Fsp3) is 0.0645. The van der Waals surface area contributed by atoms with Crippen LogP contribution in [0.5, 0.6) is 11.5 Å². The van der Waals surface area contributed by atoms with Gasteiger partial charge in [-0.25, -0.2) is 0 Å². The molecule has 10 aromatic rings. The molecular formula is C62H43NO. The van der Waals surface area contributed by atoms with E-state index in [4.69, 9.17) is 4.74 Å². The third kappa shape index (κ3) is 5.14. The first-order valence-corrected chi connectivity index (χ1v) is 22.3. The van der Waals surface area contributed by atoms with Crippen LogP contribution in [0.4, 0.5) is 17.1 Å². The third-order valence-corrected chi connectivity index (χ3v) is 14.3. The lowest BCUT2D eigenvalue weighted by atomic mass is 9.65. The molecule has 1 unspecified atom stereocenters. The van der Waals surface area contributed by atoms with E-state index in [1.165, 1.54) is 83.3 Å². The van der Waals surface area contributed by atoms with E-state index in [2.05, 4.69) is 243 Å². The van der Waals surface area contributed by atoms with Gasteiger partial charge in [-0.2, -0.15) is 0 Å². The number of hydrogen-bond donors (Lipinski definition) is 0. The van der Waals surface area contributed by atoms with Gasteiger partial charge in [0.2, 0.25) is 0 Å². The van der Waals surface area contributed by atoms with Gasteiger partial charge in [-0.15, -0.1) is 0 Å². The van der Waals surface area contributed by atoms with E-state index in [9.17, 15) is 0 Å². The van der Waals surface area contributed by atoms with E-state index in [1.54, 1.807) is 0 Å². The Bertz CT molecular complexity index is 3510. The maximum atomic E-state index is 6.92. The third-order valence-electron chi connectivity index (χ3n) is 14.3. The molecular weight excluding hydrogens is 775 g/mol. The van der Waals surface area contributed by atoms with Crippen molar-refractivity contribution in [1.29, 1.82) is 0 Å². The van der Waals surface area contributed by atoms with E-state index in [0.717, 1.165) is 33.9 Å². The van der Waals surface area contributed by atoms with Gasteiger partial charge in [0.05, 0.1) is 11.1 Å². The number of benzene rings is 10. The predicted molar refractivity (Wildman–Crippen MR) is 264 cm³/mol. The van der Waals surface area contributed by atoms with Gasteiger partial charge in [-0.3, -0.25) is 0 Å². The second-order valence-electron chi connectivity index (χ2n) is 18.0. The van der Waals surface area contributed by atoms with Crippen molar-refractivity contribution in [2.24, 2.45) is 0 Å². The summed E-state index contributed by atoms with van der Waals surface area (Å²) in [5.41, 5.74) is 20.2. The van der Waals surface area contributed by atoms with Crippen LogP contribution >= 0.6 is 0 Å². The van der Waals surface area contributed by atoms with Gasteiger partial charge in [-0.05, 0) is 109 Å². The highest BCUT2D eigenvalue weighted by Crippen LogP contribution is 2.63. The van der Waals surface area contributed by atoms with E-state index in [0.29, 0.717) is 0 Å². The molecule has 0 saturated heterocycles. The van der Waals surface area contributed by atoms with Crippen LogP contribution in [0.25, 0.3) is 55.3 Å². The lowest BCUT2D eigenvalue weighted by Crippen LogP contribution is -2.32. The van der Waals surface area contributed by atoms with Crippen molar-refractivity contribution in [3.63, 3.8) is 0 Å². The molecule has 13 rings (SSSR count). The van der Waals surface area contributed by atoms with E-state index >= 15 is 0 Å². The molecule has 0 saturated carbocycles. The van der Waals surface area contributed by atoms with Gasteiger partial charge in [-0.1, -0.05) is 196 Å². The van der Waals surface area contributed by atoms with Gasteiger partial charge in [0.15, 0.2) is 0 Å². The van der Waals surface area contributed by atoms with Crippen LogP contribution in [0.2, 0.25) is 0 Å². The topological polar surface area (TPSA) is 12.5 Å². The second kappa shape index (κ2) is 13.8. The molecule has 0 amide bonds. The van der Waals surface area contributed by atoms with Crippen LogP contribution in [-0.2, 0) is 10.8 Å². The van der Waals surface area contributed by atoms with Crippen LogP contribution in [0.3, 0.4) is 0 Å². The minimum atomic E-state index is -0.560. The Balaban J connectivity index is 0.978. The minimum absolute atomic E-state index is 0.125. The SMILES string of the molecule is CC1(C)c2ccccc2-c2ccc(N(c3ccc(-c4ccc5c(c4)C4(c6ccccc6Oc6c4ccc4ccccc64)c4ccccc4-5)cc3)c3ccccc3-c3ccccc3)cc21. The molecule has 2 heteroatoms. The smallest absolute Gasteiger partial charge is 0.140 e. The molecule has 1 spiro atoms. The lowest BCUT2D eigenvalue weighted by Gasteiger charge is -2.40. The normalized spacial score (nSPS) is 15.7. The van der Waals surface area contributed by atoms with Crippen LogP contribution in [0, 0.1) is 0 Å². The summed E-state index contributed by atoms with van der Waals surface area (Å²) in [4.78, 5) is 2.44. The maximum Gasteiger partial charge on any atom is 0.140 e. The van der Waals surface area contributed by atoms with Gasteiger partial charge < -0.3 is 9.64 Å². The van der Waals surface area contributed by atoms with Crippen molar-refractivity contribution in [3.8, 4) is 56.0 Å². The van der Waals surface area contributed by atoms with Gasteiger partial charge in [0, 0.05) is 38.9 Å². The quantitative estimate of drug-likeness (QED) is 0.172. The fourth-order valence-corrected chi connectivity index (χ4v) is 11.4. The number of para-hydroxylation sites is 2.